The van der Waals surface area contributed by atoms with E-state index in [1.807, 2.05) is 18.2 Å². The molecule has 1 aromatic heterocycles. The minimum absolute atomic E-state index is 0.104. The van der Waals surface area contributed by atoms with E-state index in [1.54, 1.807) is 12.1 Å². The molecule has 2 heterocycles. The van der Waals surface area contributed by atoms with Crippen molar-refractivity contribution in [1.29, 1.82) is 0 Å². The molecule has 12 heteroatoms. The van der Waals surface area contributed by atoms with E-state index in [-0.39, 0.29) is 31.1 Å². The number of carbonyl (C=O) groups excluding carboxylic acids is 1. The summed E-state index contributed by atoms with van der Waals surface area (Å²) in [7, 11) is 0. The fraction of sp³-hybridized carbons (Fsp3) is 0.238. The Bertz CT molecular complexity index is 1130. The van der Waals surface area contributed by atoms with Crippen LogP contribution in [0.1, 0.15) is 11.6 Å². The molecule has 1 saturated heterocycles. The van der Waals surface area contributed by atoms with Gasteiger partial charge in [0.2, 0.25) is 0 Å². The number of nitrogens with zero attached hydrogens (tertiary/aromatic N) is 5. The van der Waals surface area contributed by atoms with Crippen molar-refractivity contribution < 1.29 is 32.6 Å². The van der Waals surface area contributed by atoms with Crippen LogP contribution in [0.5, 0.6) is 5.75 Å². The number of ether oxygens (including phenoxy) is 1. The van der Waals surface area contributed by atoms with Crippen molar-refractivity contribution in [3.05, 3.63) is 66.4 Å². The summed E-state index contributed by atoms with van der Waals surface area (Å²) in [6.45, 7) is 0.406. The van der Waals surface area contributed by atoms with Crippen LogP contribution in [0.15, 0.2) is 60.8 Å². The van der Waals surface area contributed by atoms with E-state index in [0.29, 0.717) is 5.56 Å². The highest BCUT2D eigenvalue weighted by atomic mass is 19.4. The van der Waals surface area contributed by atoms with Gasteiger partial charge in [-0.05, 0) is 29.8 Å². The second-order valence-electron chi connectivity index (χ2n) is 7.25. The van der Waals surface area contributed by atoms with Gasteiger partial charge >= 0.3 is 18.5 Å². The van der Waals surface area contributed by atoms with Crippen molar-refractivity contribution in [3.8, 4) is 17.0 Å². The van der Waals surface area contributed by atoms with Gasteiger partial charge in [0.1, 0.15) is 11.4 Å². The summed E-state index contributed by atoms with van der Waals surface area (Å²) in [6, 6.07) is 13.1. The number of alkyl halides is 3. The Morgan fingerprint density at radius 3 is 2.36 bits per heavy atom. The van der Waals surface area contributed by atoms with Crippen LogP contribution in [-0.2, 0) is 0 Å². The van der Waals surface area contributed by atoms with Crippen LogP contribution in [0, 0.1) is 0 Å². The molecule has 0 aliphatic carbocycles. The first-order chi connectivity index (χ1) is 15.7. The molecule has 1 aliphatic rings. The monoisotopic (exact) mass is 461 g/mol. The average Bonchev–Trinajstić information content (AvgIpc) is 3.28. The van der Waals surface area contributed by atoms with E-state index in [0.717, 1.165) is 22.4 Å². The first-order valence-corrected chi connectivity index (χ1v) is 9.83. The van der Waals surface area contributed by atoms with Crippen LogP contribution in [0.4, 0.5) is 22.8 Å². The Morgan fingerprint density at radius 1 is 1.03 bits per heavy atom. The van der Waals surface area contributed by atoms with Gasteiger partial charge in [0.25, 0.3) is 0 Å². The molecule has 0 saturated carbocycles. The quantitative estimate of drug-likeness (QED) is 0.636. The molecule has 1 atom stereocenters. The predicted octanol–water partition coefficient (Wildman–Crippen LogP) is 3.85. The van der Waals surface area contributed by atoms with E-state index in [4.69, 9.17) is 0 Å². The minimum atomic E-state index is -4.79. The van der Waals surface area contributed by atoms with Crippen LogP contribution >= 0.6 is 0 Å². The Balaban J connectivity index is 1.55. The van der Waals surface area contributed by atoms with Gasteiger partial charge in [-0.3, -0.25) is 0 Å². The fourth-order valence-electron chi connectivity index (χ4n) is 3.59. The van der Waals surface area contributed by atoms with Gasteiger partial charge in [-0.2, -0.15) is 4.68 Å². The molecular formula is C21H18F3N5O4. The molecule has 1 fully saturated rings. The molecule has 3 aromatic rings. The van der Waals surface area contributed by atoms with Crippen LogP contribution < -0.4 is 4.74 Å². The summed E-state index contributed by atoms with van der Waals surface area (Å²) in [6.07, 6.45) is -4.49. The number of hydrogen-bond acceptors (Lipinski definition) is 5. The Morgan fingerprint density at radius 2 is 1.73 bits per heavy atom. The maximum Gasteiger partial charge on any atom is 0.573 e. The number of carbonyl (C=O) groups is 2. The Kier molecular flexibility index (Phi) is 5.90. The standard InChI is InChI=1S/C21H18F3N5O4/c22-21(23,24)33-16-8-6-14(7-9-16)17-12-29(26-25-17)19(30)28-11-10-27(20(31)32)13-18(28)15-4-2-1-3-5-15/h1-9,12,18H,10-11,13H2,(H,31,32). The zero-order valence-electron chi connectivity index (χ0n) is 17.0. The van der Waals surface area contributed by atoms with Crippen molar-refractivity contribution >= 4 is 12.1 Å². The molecule has 2 aromatic carbocycles. The second kappa shape index (κ2) is 8.81. The maximum atomic E-state index is 13.2. The zero-order chi connectivity index (χ0) is 23.6. The Labute approximate surface area is 185 Å². The second-order valence-corrected chi connectivity index (χ2v) is 7.25. The van der Waals surface area contributed by atoms with E-state index in [2.05, 4.69) is 15.0 Å². The normalized spacial score (nSPS) is 16.5. The van der Waals surface area contributed by atoms with Crippen molar-refractivity contribution in [2.45, 2.75) is 12.4 Å². The van der Waals surface area contributed by atoms with Gasteiger partial charge in [0.15, 0.2) is 0 Å². The molecule has 33 heavy (non-hydrogen) atoms. The Hall–Kier alpha value is -4.09. The number of halogens is 3. The van der Waals surface area contributed by atoms with Gasteiger partial charge < -0.3 is 19.6 Å². The third kappa shape index (κ3) is 5.05. The lowest BCUT2D eigenvalue weighted by Crippen LogP contribution is -2.53. The van der Waals surface area contributed by atoms with Crippen molar-refractivity contribution in [1.82, 2.24) is 24.8 Å². The predicted molar refractivity (Wildman–Crippen MR) is 108 cm³/mol. The topological polar surface area (TPSA) is 101 Å². The SMILES string of the molecule is O=C(O)N1CCN(C(=O)n2cc(-c3ccc(OC(F)(F)F)cc3)nn2)C(c2ccccc2)C1. The first kappa shape index (κ1) is 22.1. The van der Waals surface area contributed by atoms with Crippen LogP contribution in [0.3, 0.4) is 0 Å². The van der Waals surface area contributed by atoms with Crippen molar-refractivity contribution in [3.63, 3.8) is 0 Å². The maximum absolute atomic E-state index is 13.2. The molecule has 2 amide bonds. The molecule has 1 aliphatic heterocycles. The van der Waals surface area contributed by atoms with Crippen LogP contribution in [0.2, 0.25) is 0 Å². The lowest BCUT2D eigenvalue weighted by Gasteiger charge is -2.40. The third-order valence-electron chi connectivity index (χ3n) is 5.15. The number of hydrogen-bond donors (Lipinski definition) is 1. The molecule has 1 unspecified atom stereocenters. The molecule has 4 rings (SSSR count). The van der Waals surface area contributed by atoms with E-state index in [1.165, 1.54) is 28.1 Å². The minimum Gasteiger partial charge on any atom is -0.465 e. The number of carboxylic acid groups (broad SMARTS) is 1. The summed E-state index contributed by atoms with van der Waals surface area (Å²) < 4.78 is 41.9. The van der Waals surface area contributed by atoms with Crippen molar-refractivity contribution in [2.75, 3.05) is 19.6 Å². The number of amides is 2. The van der Waals surface area contributed by atoms with Gasteiger partial charge in [0, 0.05) is 25.2 Å². The van der Waals surface area contributed by atoms with Gasteiger partial charge in [-0.15, -0.1) is 18.3 Å². The van der Waals surface area contributed by atoms with Crippen LogP contribution in [0.25, 0.3) is 11.3 Å². The molecule has 172 valence electrons. The number of benzene rings is 2. The molecule has 1 N–H and O–H groups in total. The summed E-state index contributed by atoms with van der Waals surface area (Å²) in [4.78, 5) is 27.4. The number of piperazine rings is 1. The smallest absolute Gasteiger partial charge is 0.465 e. The van der Waals surface area contributed by atoms with Gasteiger partial charge in [0.05, 0.1) is 12.2 Å². The number of rotatable bonds is 3. The highest BCUT2D eigenvalue weighted by molar-refractivity contribution is 5.78. The van der Waals surface area contributed by atoms with Gasteiger partial charge in [-0.25, -0.2) is 9.59 Å². The summed E-state index contributed by atoms with van der Waals surface area (Å²) >= 11 is 0. The lowest BCUT2D eigenvalue weighted by molar-refractivity contribution is -0.274. The summed E-state index contributed by atoms with van der Waals surface area (Å²) in [5.41, 5.74) is 1.50. The third-order valence-corrected chi connectivity index (χ3v) is 5.15. The van der Waals surface area contributed by atoms with E-state index < -0.39 is 24.5 Å². The van der Waals surface area contributed by atoms with Crippen LogP contribution in [-0.4, -0.2) is 68.0 Å². The van der Waals surface area contributed by atoms with Gasteiger partial charge in [-0.1, -0.05) is 35.5 Å². The largest absolute Gasteiger partial charge is 0.573 e. The average molecular weight is 461 g/mol. The lowest BCUT2D eigenvalue weighted by atomic mass is 10.0. The molecule has 9 nitrogen and oxygen atoms in total. The molecule has 0 radical (unpaired) electrons. The van der Waals surface area contributed by atoms with Crippen molar-refractivity contribution in [2.24, 2.45) is 0 Å². The summed E-state index contributed by atoms with van der Waals surface area (Å²) in [5, 5.41) is 17.2. The molecular weight excluding hydrogens is 443 g/mol. The van der Waals surface area contributed by atoms with E-state index >= 15 is 0 Å². The summed E-state index contributed by atoms with van der Waals surface area (Å²) in [5.74, 6) is -0.378. The highest BCUT2D eigenvalue weighted by Gasteiger charge is 2.35. The first-order valence-electron chi connectivity index (χ1n) is 9.83. The highest BCUT2D eigenvalue weighted by Crippen LogP contribution is 2.28. The zero-order valence-corrected chi connectivity index (χ0v) is 17.0. The van der Waals surface area contributed by atoms with E-state index in [9.17, 15) is 27.9 Å². The fourth-order valence-corrected chi connectivity index (χ4v) is 3.59. The number of aromatic nitrogens is 3. The molecule has 0 spiro atoms. The molecule has 0 bridgehead atoms.